The van der Waals surface area contributed by atoms with E-state index in [1.165, 1.54) is 11.3 Å². The average molecular weight is 292 g/mol. The van der Waals surface area contributed by atoms with Gasteiger partial charge in [-0.2, -0.15) is 0 Å². The topological polar surface area (TPSA) is 77.2 Å². The molecule has 1 aromatic rings. The SMILES string of the molecule is Cc1nc(C)c(NC(=O)C2(N)CCOCC2)s1.Cl. The van der Waals surface area contributed by atoms with Crippen molar-refractivity contribution in [2.45, 2.75) is 32.2 Å². The fourth-order valence-electron chi connectivity index (χ4n) is 1.84. The summed E-state index contributed by atoms with van der Waals surface area (Å²) in [7, 11) is 0. The average Bonchev–Trinajstić information content (AvgIpc) is 2.58. The first-order chi connectivity index (χ1) is 8.01. The number of carbonyl (C=O) groups is 1. The standard InChI is InChI=1S/C11H17N3O2S.ClH/c1-7-9(17-8(2)13-7)14-10(15)11(12)3-5-16-6-4-11;/h3-6,12H2,1-2H3,(H,14,15);1H. The van der Waals surface area contributed by atoms with Gasteiger partial charge in [0.2, 0.25) is 5.91 Å². The van der Waals surface area contributed by atoms with Gasteiger partial charge < -0.3 is 15.8 Å². The minimum atomic E-state index is -0.803. The van der Waals surface area contributed by atoms with E-state index in [9.17, 15) is 4.79 Å². The second-order valence-corrected chi connectivity index (χ2v) is 5.57. The normalized spacial score (nSPS) is 17.9. The number of amides is 1. The zero-order valence-electron chi connectivity index (χ0n) is 10.5. The number of nitrogens with two attached hydrogens (primary N) is 1. The summed E-state index contributed by atoms with van der Waals surface area (Å²) in [6, 6.07) is 0. The number of ether oxygens (including phenoxy) is 1. The van der Waals surface area contributed by atoms with Gasteiger partial charge in [-0.25, -0.2) is 4.98 Å². The third-order valence-corrected chi connectivity index (χ3v) is 3.96. The van der Waals surface area contributed by atoms with E-state index < -0.39 is 5.54 Å². The summed E-state index contributed by atoms with van der Waals surface area (Å²) in [6.07, 6.45) is 1.13. The minimum absolute atomic E-state index is 0. The molecule has 0 radical (unpaired) electrons. The summed E-state index contributed by atoms with van der Waals surface area (Å²) in [6.45, 7) is 4.89. The van der Waals surface area contributed by atoms with Crippen LogP contribution in [0.1, 0.15) is 23.5 Å². The van der Waals surface area contributed by atoms with E-state index in [1.54, 1.807) is 0 Å². The maximum atomic E-state index is 12.1. The number of nitrogens with zero attached hydrogens (tertiary/aromatic N) is 1. The number of thiazole rings is 1. The van der Waals surface area contributed by atoms with Crippen LogP contribution in [0.5, 0.6) is 0 Å². The van der Waals surface area contributed by atoms with Gasteiger partial charge in [0, 0.05) is 13.2 Å². The molecule has 3 N–H and O–H groups in total. The van der Waals surface area contributed by atoms with Crippen LogP contribution in [0.15, 0.2) is 0 Å². The molecule has 1 aliphatic heterocycles. The van der Waals surface area contributed by atoms with Crippen molar-refractivity contribution in [3.05, 3.63) is 10.7 Å². The summed E-state index contributed by atoms with van der Waals surface area (Å²) >= 11 is 1.48. The second kappa shape index (κ2) is 5.97. The predicted molar refractivity (Wildman–Crippen MR) is 74.4 cm³/mol. The number of anilines is 1. The monoisotopic (exact) mass is 291 g/mol. The van der Waals surface area contributed by atoms with Crippen molar-refractivity contribution in [3.63, 3.8) is 0 Å². The third-order valence-electron chi connectivity index (χ3n) is 2.97. The van der Waals surface area contributed by atoms with E-state index in [4.69, 9.17) is 10.5 Å². The van der Waals surface area contributed by atoms with Crippen LogP contribution in [0, 0.1) is 13.8 Å². The highest BCUT2D eigenvalue weighted by molar-refractivity contribution is 7.16. The molecule has 18 heavy (non-hydrogen) atoms. The Morgan fingerprint density at radius 3 is 2.56 bits per heavy atom. The highest BCUT2D eigenvalue weighted by atomic mass is 35.5. The highest BCUT2D eigenvalue weighted by Crippen LogP contribution is 2.26. The van der Waals surface area contributed by atoms with Gasteiger partial charge in [0.1, 0.15) is 10.5 Å². The molecule has 1 aromatic heterocycles. The Morgan fingerprint density at radius 2 is 2.06 bits per heavy atom. The van der Waals surface area contributed by atoms with Gasteiger partial charge in [-0.3, -0.25) is 4.79 Å². The van der Waals surface area contributed by atoms with E-state index in [-0.39, 0.29) is 18.3 Å². The summed E-state index contributed by atoms with van der Waals surface area (Å²) in [5.41, 5.74) is 6.14. The molecule has 0 saturated carbocycles. The third kappa shape index (κ3) is 3.20. The number of hydrogen-bond donors (Lipinski definition) is 2. The van der Waals surface area contributed by atoms with E-state index in [2.05, 4.69) is 10.3 Å². The van der Waals surface area contributed by atoms with Crippen molar-refractivity contribution >= 4 is 34.7 Å². The van der Waals surface area contributed by atoms with Crippen LogP contribution in [0.2, 0.25) is 0 Å². The Morgan fingerprint density at radius 1 is 1.44 bits per heavy atom. The van der Waals surface area contributed by atoms with Gasteiger partial charge in [-0.1, -0.05) is 0 Å². The number of aromatic nitrogens is 1. The number of carbonyl (C=O) groups excluding carboxylic acids is 1. The molecule has 0 atom stereocenters. The fraction of sp³-hybridized carbons (Fsp3) is 0.636. The van der Waals surface area contributed by atoms with Crippen LogP contribution in [0.3, 0.4) is 0 Å². The maximum absolute atomic E-state index is 12.1. The van der Waals surface area contributed by atoms with Gasteiger partial charge in [0.15, 0.2) is 0 Å². The van der Waals surface area contributed by atoms with Crippen LogP contribution < -0.4 is 11.1 Å². The van der Waals surface area contributed by atoms with E-state index in [0.29, 0.717) is 26.1 Å². The van der Waals surface area contributed by atoms with Crippen molar-refractivity contribution < 1.29 is 9.53 Å². The molecule has 0 bridgehead atoms. The summed E-state index contributed by atoms with van der Waals surface area (Å²) < 4.78 is 5.22. The lowest BCUT2D eigenvalue weighted by molar-refractivity contribution is -0.124. The van der Waals surface area contributed by atoms with E-state index >= 15 is 0 Å². The van der Waals surface area contributed by atoms with Gasteiger partial charge in [-0.15, -0.1) is 23.7 Å². The van der Waals surface area contributed by atoms with Crippen molar-refractivity contribution in [1.29, 1.82) is 0 Å². The summed E-state index contributed by atoms with van der Waals surface area (Å²) in [5.74, 6) is -0.132. The molecule has 2 heterocycles. The van der Waals surface area contributed by atoms with Crippen LogP contribution >= 0.6 is 23.7 Å². The van der Waals surface area contributed by atoms with E-state index in [0.717, 1.165) is 15.7 Å². The smallest absolute Gasteiger partial charge is 0.245 e. The van der Waals surface area contributed by atoms with Crippen molar-refractivity contribution in [3.8, 4) is 0 Å². The minimum Gasteiger partial charge on any atom is -0.381 e. The lowest BCUT2D eigenvalue weighted by Gasteiger charge is -2.31. The largest absolute Gasteiger partial charge is 0.381 e. The highest BCUT2D eigenvalue weighted by Gasteiger charge is 2.36. The molecular formula is C11H18ClN3O2S. The second-order valence-electron chi connectivity index (χ2n) is 4.37. The number of hydrogen-bond acceptors (Lipinski definition) is 5. The Kier molecular flexibility index (Phi) is 5.10. The van der Waals surface area contributed by atoms with Gasteiger partial charge >= 0.3 is 0 Å². The fourth-order valence-corrected chi connectivity index (χ4v) is 2.65. The quantitative estimate of drug-likeness (QED) is 0.868. The summed E-state index contributed by atoms with van der Waals surface area (Å²) in [5, 5.41) is 4.61. The molecule has 0 aromatic carbocycles. The molecule has 1 amide bonds. The lowest BCUT2D eigenvalue weighted by atomic mass is 9.90. The number of rotatable bonds is 2. The molecule has 1 fully saturated rings. The Bertz CT molecular complexity index is 430. The molecule has 5 nitrogen and oxygen atoms in total. The Labute approximate surface area is 117 Å². The van der Waals surface area contributed by atoms with Crippen molar-refractivity contribution in [2.75, 3.05) is 18.5 Å². The number of halogens is 1. The lowest BCUT2D eigenvalue weighted by Crippen LogP contribution is -2.54. The maximum Gasteiger partial charge on any atom is 0.245 e. The molecular weight excluding hydrogens is 274 g/mol. The molecule has 1 saturated heterocycles. The Balaban J connectivity index is 0.00000162. The molecule has 0 unspecified atom stereocenters. The van der Waals surface area contributed by atoms with Crippen LogP contribution in [-0.2, 0) is 9.53 Å². The molecule has 2 rings (SSSR count). The first-order valence-corrected chi connectivity index (χ1v) is 6.45. The summed E-state index contributed by atoms with van der Waals surface area (Å²) in [4.78, 5) is 16.4. The molecule has 0 aliphatic carbocycles. The predicted octanol–water partition coefficient (Wildman–Crippen LogP) is 1.63. The van der Waals surface area contributed by atoms with Crippen molar-refractivity contribution in [2.24, 2.45) is 5.73 Å². The van der Waals surface area contributed by atoms with Crippen LogP contribution in [0.25, 0.3) is 0 Å². The van der Waals surface area contributed by atoms with Crippen molar-refractivity contribution in [1.82, 2.24) is 4.98 Å². The van der Waals surface area contributed by atoms with Gasteiger partial charge in [0.05, 0.1) is 10.7 Å². The van der Waals surface area contributed by atoms with Gasteiger partial charge in [0.25, 0.3) is 0 Å². The molecule has 7 heteroatoms. The van der Waals surface area contributed by atoms with Crippen LogP contribution in [-0.4, -0.2) is 29.6 Å². The first-order valence-electron chi connectivity index (χ1n) is 5.63. The Hall–Kier alpha value is -0.690. The molecule has 102 valence electrons. The number of aryl methyl sites for hydroxylation is 2. The van der Waals surface area contributed by atoms with E-state index in [1.807, 2.05) is 13.8 Å². The number of nitrogens with one attached hydrogen (secondary N) is 1. The molecule has 0 spiro atoms. The first kappa shape index (κ1) is 15.4. The van der Waals surface area contributed by atoms with Crippen LogP contribution in [0.4, 0.5) is 5.00 Å². The zero-order valence-corrected chi connectivity index (χ0v) is 12.1. The molecule has 1 aliphatic rings. The van der Waals surface area contributed by atoms with Gasteiger partial charge in [-0.05, 0) is 26.7 Å². The zero-order chi connectivity index (χ0) is 12.5.